The van der Waals surface area contributed by atoms with Gasteiger partial charge in [0.25, 0.3) is 0 Å². The van der Waals surface area contributed by atoms with E-state index in [0.717, 1.165) is 5.92 Å². The fourth-order valence-electron chi connectivity index (χ4n) is 2.60. The van der Waals surface area contributed by atoms with Crippen LogP contribution in [0.15, 0.2) is 0 Å². The summed E-state index contributed by atoms with van der Waals surface area (Å²) in [6.07, 6.45) is 12.2. The highest BCUT2D eigenvalue weighted by Gasteiger charge is 2.30. The minimum absolute atomic E-state index is 0.566. The fraction of sp³-hybridized carbons (Fsp3) is 1.00. The van der Waals surface area contributed by atoms with Gasteiger partial charge in [-0.3, -0.25) is 0 Å². The predicted molar refractivity (Wildman–Crippen MR) is 76.3 cm³/mol. The van der Waals surface area contributed by atoms with Crippen molar-refractivity contribution in [1.29, 1.82) is 0 Å². The van der Waals surface area contributed by atoms with E-state index < -0.39 is 0 Å². The van der Waals surface area contributed by atoms with E-state index in [-0.39, 0.29) is 0 Å². The van der Waals surface area contributed by atoms with Crippen molar-refractivity contribution < 1.29 is 0 Å². The zero-order valence-electron chi connectivity index (χ0n) is 11.3. The van der Waals surface area contributed by atoms with Crippen molar-refractivity contribution in [1.82, 2.24) is 5.32 Å². The lowest BCUT2D eigenvalue weighted by molar-refractivity contribution is 0.376. The SMILES string of the molecule is CSC1(CNCCCC(C)C)CCCCC1. The van der Waals surface area contributed by atoms with Crippen LogP contribution in [0.4, 0.5) is 0 Å². The number of hydrogen-bond acceptors (Lipinski definition) is 2. The molecule has 16 heavy (non-hydrogen) atoms. The molecular formula is C14H29NS. The van der Waals surface area contributed by atoms with E-state index in [1.165, 1.54) is 58.0 Å². The topological polar surface area (TPSA) is 12.0 Å². The zero-order valence-corrected chi connectivity index (χ0v) is 12.2. The quantitative estimate of drug-likeness (QED) is 0.676. The molecule has 0 aromatic heterocycles. The standard InChI is InChI=1S/C14H29NS/c1-13(2)8-7-11-15-12-14(16-3)9-5-4-6-10-14/h13,15H,4-12H2,1-3H3. The van der Waals surface area contributed by atoms with Crippen LogP contribution < -0.4 is 5.32 Å². The van der Waals surface area contributed by atoms with Crippen molar-refractivity contribution in [2.45, 2.75) is 63.5 Å². The third kappa shape index (κ3) is 5.09. The summed E-state index contributed by atoms with van der Waals surface area (Å²) in [5.41, 5.74) is 0. The van der Waals surface area contributed by atoms with Gasteiger partial charge in [0.05, 0.1) is 0 Å². The molecule has 0 atom stereocenters. The molecule has 0 radical (unpaired) electrons. The van der Waals surface area contributed by atoms with Crippen molar-refractivity contribution >= 4 is 11.8 Å². The monoisotopic (exact) mass is 243 g/mol. The molecule has 0 unspecified atom stereocenters. The molecule has 1 aliphatic carbocycles. The number of hydrogen-bond donors (Lipinski definition) is 1. The Morgan fingerprint density at radius 2 is 1.88 bits per heavy atom. The Balaban J connectivity index is 2.13. The van der Waals surface area contributed by atoms with E-state index >= 15 is 0 Å². The molecule has 1 aliphatic rings. The predicted octanol–water partition coefficient (Wildman–Crippen LogP) is 4.08. The lowest BCUT2D eigenvalue weighted by Gasteiger charge is -2.36. The van der Waals surface area contributed by atoms with Gasteiger partial charge in [-0.05, 0) is 44.4 Å². The van der Waals surface area contributed by atoms with Crippen molar-refractivity contribution in [2.75, 3.05) is 19.3 Å². The van der Waals surface area contributed by atoms with E-state index in [4.69, 9.17) is 0 Å². The average Bonchev–Trinajstić information content (AvgIpc) is 2.29. The number of thioether (sulfide) groups is 1. The minimum Gasteiger partial charge on any atom is -0.315 e. The van der Waals surface area contributed by atoms with Gasteiger partial charge in [0.2, 0.25) is 0 Å². The summed E-state index contributed by atoms with van der Waals surface area (Å²) in [4.78, 5) is 0. The molecule has 0 heterocycles. The van der Waals surface area contributed by atoms with E-state index in [1.54, 1.807) is 0 Å². The molecule has 0 bridgehead atoms. The highest BCUT2D eigenvalue weighted by Crippen LogP contribution is 2.37. The highest BCUT2D eigenvalue weighted by atomic mass is 32.2. The summed E-state index contributed by atoms with van der Waals surface area (Å²) in [6, 6.07) is 0. The van der Waals surface area contributed by atoms with Gasteiger partial charge in [0, 0.05) is 11.3 Å². The maximum atomic E-state index is 3.68. The molecule has 1 N–H and O–H groups in total. The van der Waals surface area contributed by atoms with Gasteiger partial charge in [-0.25, -0.2) is 0 Å². The first kappa shape index (κ1) is 14.4. The Morgan fingerprint density at radius 3 is 2.44 bits per heavy atom. The molecule has 1 nitrogen and oxygen atoms in total. The smallest absolute Gasteiger partial charge is 0.0281 e. The van der Waals surface area contributed by atoms with Gasteiger partial charge in [-0.2, -0.15) is 11.8 Å². The molecule has 0 aromatic rings. The fourth-order valence-corrected chi connectivity index (χ4v) is 3.54. The van der Waals surface area contributed by atoms with Crippen LogP contribution in [0.5, 0.6) is 0 Å². The lowest BCUT2D eigenvalue weighted by Crippen LogP contribution is -2.39. The largest absolute Gasteiger partial charge is 0.315 e. The molecule has 1 saturated carbocycles. The van der Waals surface area contributed by atoms with Crippen molar-refractivity contribution in [3.05, 3.63) is 0 Å². The third-order valence-corrected chi connectivity index (χ3v) is 5.20. The average molecular weight is 243 g/mol. The Kier molecular flexibility index (Phi) is 6.83. The molecule has 96 valence electrons. The van der Waals surface area contributed by atoms with E-state index in [2.05, 4.69) is 37.2 Å². The van der Waals surface area contributed by atoms with Gasteiger partial charge in [-0.15, -0.1) is 0 Å². The first-order valence-corrected chi connectivity index (χ1v) is 8.17. The first-order valence-electron chi connectivity index (χ1n) is 6.94. The number of nitrogens with one attached hydrogen (secondary N) is 1. The van der Waals surface area contributed by atoms with Crippen LogP contribution in [0.3, 0.4) is 0 Å². The van der Waals surface area contributed by atoms with Crippen LogP contribution in [-0.4, -0.2) is 24.1 Å². The van der Waals surface area contributed by atoms with Crippen LogP contribution in [0.25, 0.3) is 0 Å². The van der Waals surface area contributed by atoms with Crippen molar-refractivity contribution in [3.63, 3.8) is 0 Å². The molecule has 0 saturated heterocycles. The molecule has 1 rings (SSSR count). The molecule has 0 spiro atoms. The van der Waals surface area contributed by atoms with Crippen molar-refractivity contribution in [3.8, 4) is 0 Å². The number of rotatable bonds is 7. The molecule has 0 aliphatic heterocycles. The maximum Gasteiger partial charge on any atom is 0.0281 e. The van der Waals surface area contributed by atoms with Crippen LogP contribution in [-0.2, 0) is 0 Å². The van der Waals surface area contributed by atoms with Crippen LogP contribution in [0.1, 0.15) is 58.8 Å². The van der Waals surface area contributed by atoms with E-state index in [1.807, 2.05) is 0 Å². The Labute approximate surface area is 106 Å². The second-order valence-corrected chi connectivity index (χ2v) is 6.93. The maximum absolute atomic E-state index is 3.68. The molecule has 0 amide bonds. The van der Waals surface area contributed by atoms with Gasteiger partial charge in [0.15, 0.2) is 0 Å². The zero-order chi connectivity index (χ0) is 11.9. The summed E-state index contributed by atoms with van der Waals surface area (Å²) in [6.45, 7) is 7.06. The summed E-state index contributed by atoms with van der Waals surface area (Å²) in [7, 11) is 0. The first-order chi connectivity index (χ1) is 7.68. The lowest BCUT2D eigenvalue weighted by atomic mass is 9.88. The summed E-state index contributed by atoms with van der Waals surface area (Å²) in [5, 5.41) is 3.68. The van der Waals surface area contributed by atoms with Gasteiger partial charge in [-0.1, -0.05) is 33.1 Å². The molecular weight excluding hydrogens is 214 g/mol. The molecule has 0 aromatic carbocycles. The van der Waals surface area contributed by atoms with E-state index in [9.17, 15) is 0 Å². The summed E-state index contributed by atoms with van der Waals surface area (Å²) >= 11 is 2.10. The minimum atomic E-state index is 0.566. The van der Waals surface area contributed by atoms with Crippen LogP contribution in [0.2, 0.25) is 0 Å². The second-order valence-electron chi connectivity index (χ2n) is 5.66. The normalized spacial score (nSPS) is 20.2. The second kappa shape index (κ2) is 7.60. The van der Waals surface area contributed by atoms with Gasteiger partial charge >= 0.3 is 0 Å². The van der Waals surface area contributed by atoms with Gasteiger partial charge < -0.3 is 5.32 Å². The Morgan fingerprint density at radius 1 is 1.19 bits per heavy atom. The third-order valence-electron chi connectivity index (χ3n) is 3.78. The van der Waals surface area contributed by atoms with Crippen molar-refractivity contribution in [2.24, 2.45) is 5.92 Å². The Bertz CT molecular complexity index is 174. The Hall–Kier alpha value is 0.310. The summed E-state index contributed by atoms with van der Waals surface area (Å²) < 4.78 is 0.566. The molecule has 1 fully saturated rings. The van der Waals surface area contributed by atoms with Crippen LogP contribution in [0, 0.1) is 5.92 Å². The molecule has 2 heteroatoms. The summed E-state index contributed by atoms with van der Waals surface area (Å²) in [5.74, 6) is 0.853. The van der Waals surface area contributed by atoms with Gasteiger partial charge in [0.1, 0.15) is 0 Å². The van der Waals surface area contributed by atoms with Crippen LogP contribution >= 0.6 is 11.8 Å². The van der Waals surface area contributed by atoms with E-state index in [0.29, 0.717) is 4.75 Å². The highest BCUT2D eigenvalue weighted by molar-refractivity contribution is 8.00.